The fourth-order valence-corrected chi connectivity index (χ4v) is 2.02. The summed E-state index contributed by atoms with van der Waals surface area (Å²) in [5.74, 6) is -0.840. The van der Waals surface area contributed by atoms with Gasteiger partial charge in [0.05, 0.1) is 0 Å². The largest absolute Gasteiger partial charge is 0.476 e. The number of nitrogens with two attached hydrogens (primary N) is 1. The summed E-state index contributed by atoms with van der Waals surface area (Å²) in [6.07, 6.45) is 2.09. The van der Waals surface area contributed by atoms with Crippen molar-refractivity contribution in [3.63, 3.8) is 0 Å². The molecule has 1 fully saturated rings. The van der Waals surface area contributed by atoms with E-state index in [0.717, 1.165) is 25.9 Å². The van der Waals surface area contributed by atoms with Crippen molar-refractivity contribution in [2.24, 2.45) is 0 Å². The van der Waals surface area contributed by atoms with Crippen LogP contribution in [0.15, 0.2) is 0 Å². The van der Waals surface area contributed by atoms with Gasteiger partial charge in [-0.3, -0.25) is 0 Å². The molecule has 0 bridgehead atoms. The molecule has 0 saturated carbocycles. The second kappa shape index (κ2) is 4.13. The van der Waals surface area contributed by atoms with Crippen molar-refractivity contribution in [1.82, 2.24) is 9.97 Å². The van der Waals surface area contributed by atoms with Crippen LogP contribution in [0, 0.1) is 0 Å². The molecule has 0 unspecified atom stereocenters. The van der Waals surface area contributed by atoms with Crippen LogP contribution in [0.5, 0.6) is 0 Å². The maximum atomic E-state index is 10.9. The lowest BCUT2D eigenvalue weighted by molar-refractivity contribution is 0.0690. The average molecular weight is 243 g/mol. The van der Waals surface area contributed by atoms with Crippen LogP contribution in [0.2, 0.25) is 5.02 Å². The highest BCUT2D eigenvalue weighted by Crippen LogP contribution is 2.29. The van der Waals surface area contributed by atoms with E-state index in [4.69, 9.17) is 22.4 Å². The number of hydrogen-bond acceptors (Lipinski definition) is 5. The highest BCUT2D eigenvalue weighted by molar-refractivity contribution is 6.35. The molecular formula is C9H11ClN4O2. The Bertz CT molecular complexity index is 432. The first-order valence-corrected chi connectivity index (χ1v) is 5.28. The molecule has 0 radical (unpaired) electrons. The number of anilines is 2. The van der Waals surface area contributed by atoms with Gasteiger partial charge in [0.1, 0.15) is 5.02 Å². The Labute approximate surface area is 97.0 Å². The monoisotopic (exact) mass is 242 g/mol. The molecule has 1 aliphatic heterocycles. The molecule has 1 aromatic rings. The molecule has 1 saturated heterocycles. The predicted molar refractivity (Wildman–Crippen MR) is 59.9 cm³/mol. The van der Waals surface area contributed by atoms with Gasteiger partial charge >= 0.3 is 5.97 Å². The number of aromatic nitrogens is 2. The summed E-state index contributed by atoms with van der Waals surface area (Å²) >= 11 is 5.95. The molecule has 16 heavy (non-hydrogen) atoms. The van der Waals surface area contributed by atoms with Crippen molar-refractivity contribution < 1.29 is 9.90 Å². The Balaban J connectivity index is 2.47. The van der Waals surface area contributed by atoms with Crippen LogP contribution >= 0.6 is 11.6 Å². The Kier molecular flexibility index (Phi) is 2.82. The Morgan fingerprint density at radius 3 is 2.56 bits per heavy atom. The molecule has 0 atom stereocenters. The van der Waals surface area contributed by atoms with Gasteiger partial charge in [0.2, 0.25) is 5.95 Å². The topological polar surface area (TPSA) is 92.3 Å². The normalized spacial score (nSPS) is 15.4. The van der Waals surface area contributed by atoms with Crippen molar-refractivity contribution in [3.8, 4) is 0 Å². The molecule has 0 aliphatic carbocycles. The highest BCUT2D eigenvalue weighted by atomic mass is 35.5. The van der Waals surface area contributed by atoms with E-state index in [2.05, 4.69) is 9.97 Å². The maximum Gasteiger partial charge on any atom is 0.356 e. The quantitative estimate of drug-likeness (QED) is 0.804. The predicted octanol–water partition coefficient (Wildman–Crippen LogP) is 1.01. The number of hydrogen-bond donors (Lipinski definition) is 2. The van der Waals surface area contributed by atoms with E-state index in [1.165, 1.54) is 0 Å². The van der Waals surface area contributed by atoms with E-state index in [0.29, 0.717) is 5.82 Å². The van der Waals surface area contributed by atoms with Crippen LogP contribution in [0.1, 0.15) is 23.3 Å². The zero-order valence-electron chi connectivity index (χ0n) is 8.48. The smallest absolute Gasteiger partial charge is 0.356 e. The Morgan fingerprint density at radius 2 is 2.00 bits per heavy atom. The van der Waals surface area contributed by atoms with E-state index in [9.17, 15) is 4.79 Å². The highest BCUT2D eigenvalue weighted by Gasteiger charge is 2.23. The molecule has 3 N–H and O–H groups in total. The van der Waals surface area contributed by atoms with Crippen molar-refractivity contribution >= 4 is 29.3 Å². The molecule has 2 heterocycles. The number of nitrogens with zero attached hydrogens (tertiary/aromatic N) is 3. The lowest BCUT2D eigenvalue weighted by Crippen LogP contribution is -2.21. The standard InChI is InChI=1S/C9H11ClN4O2/c10-5-6(8(15)16)12-9(11)13-7(5)14-3-1-2-4-14/h1-4H2,(H,15,16)(H2,11,12,13). The number of aromatic carboxylic acids is 1. The first-order chi connectivity index (χ1) is 7.59. The second-order valence-electron chi connectivity index (χ2n) is 3.57. The van der Waals surface area contributed by atoms with Crippen molar-refractivity contribution in [2.75, 3.05) is 23.7 Å². The van der Waals surface area contributed by atoms with E-state index < -0.39 is 5.97 Å². The molecule has 0 aromatic carbocycles. The number of rotatable bonds is 2. The van der Waals surface area contributed by atoms with Gasteiger partial charge in [-0.05, 0) is 12.8 Å². The third kappa shape index (κ3) is 1.88. The van der Waals surface area contributed by atoms with Gasteiger partial charge in [-0.1, -0.05) is 11.6 Å². The van der Waals surface area contributed by atoms with Gasteiger partial charge in [-0.15, -0.1) is 0 Å². The molecule has 86 valence electrons. The van der Waals surface area contributed by atoms with E-state index >= 15 is 0 Å². The van der Waals surface area contributed by atoms with E-state index in [1.807, 2.05) is 4.90 Å². The van der Waals surface area contributed by atoms with Gasteiger partial charge in [0.15, 0.2) is 11.5 Å². The fraction of sp³-hybridized carbons (Fsp3) is 0.444. The van der Waals surface area contributed by atoms with Crippen LogP contribution in [-0.4, -0.2) is 34.1 Å². The minimum atomic E-state index is -1.19. The van der Waals surface area contributed by atoms with Gasteiger partial charge in [-0.2, -0.15) is 4.98 Å². The first-order valence-electron chi connectivity index (χ1n) is 4.91. The minimum absolute atomic E-state index is 0.0589. The summed E-state index contributed by atoms with van der Waals surface area (Å²) < 4.78 is 0. The summed E-state index contributed by atoms with van der Waals surface area (Å²) in [4.78, 5) is 20.4. The molecule has 0 amide bonds. The van der Waals surface area contributed by atoms with E-state index in [-0.39, 0.29) is 16.7 Å². The SMILES string of the molecule is Nc1nc(C(=O)O)c(Cl)c(N2CCCC2)n1. The summed E-state index contributed by atoms with van der Waals surface area (Å²) in [5, 5.41) is 8.97. The molecule has 7 heteroatoms. The summed E-state index contributed by atoms with van der Waals surface area (Å²) in [6, 6.07) is 0. The first kappa shape index (κ1) is 10.9. The van der Waals surface area contributed by atoms with Crippen molar-refractivity contribution in [3.05, 3.63) is 10.7 Å². The number of carboxylic acids is 1. The lowest BCUT2D eigenvalue weighted by Gasteiger charge is -2.18. The van der Waals surface area contributed by atoms with Crippen LogP contribution in [0.3, 0.4) is 0 Å². The lowest BCUT2D eigenvalue weighted by atomic mass is 10.3. The number of carbonyl (C=O) groups is 1. The fourth-order valence-electron chi connectivity index (χ4n) is 1.73. The molecule has 1 aromatic heterocycles. The van der Waals surface area contributed by atoms with Crippen LogP contribution in [0.4, 0.5) is 11.8 Å². The zero-order chi connectivity index (χ0) is 11.7. The van der Waals surface area contributed by atoms with Crippen LogP contribution in [-0.2, 0) is 0 Å². The van der Waals surface area contributed by atoms with E-state index in [1.54, 1.807) is 0 Å². The molecule has 6 nitrogen and oxygen atoms in total. The third-order valence-electron chi connectivity index (χ3n) is 2.46. The summed E-state index contributed by atoms with van der Waals surface area (Å²) in [7, 11) is 0. The maximum absolute atomic E-state index is 10.9. The van der Waals surface area contributed by atoms with Gasteiger partial charge in [-0.25, -0.2) is 9.78 Å². The number of carboxylic acid groups (broad SMARTS) is 1. The average Bonchev–Trinajstić information content (AvgIpc) is 2.73. The molecule has 2 rings (SSSR count). The Hall–Kier alpha value is -1.56. The van der Waals surface area contributed by atoms with Gasteiger partial charge < -0.3 is 15.7 Å². The number of halogens is 1. The molecule has 0 spiro atoms. The molecule has 1 aliphatic rings. The van der Waals surface area contributed by atoms with Crippen molar-refractivity contribution in [1.29, 1.82) is 0 Å². The summed E-state index contributed by atoms with van der Waals surface area (Å²) in [5.41, 5.74) is 5.22. The van der Waals surface area contributed by atoms with Crippen LogP contribution in [0.25, 0.3) is 0 Å². The third-order valence-corrected chi connectivity index (χ3v) is 2.81. The second-order valence-corrected chi connectivity index (χ2v) is 3.95. The van der Waals surface area contributed by atoms with Gasteiger partial charge in [0.25, 0.3) is 0 Å². The van der Waals surface area contributed by atoms with Crippen LogP contribution < -0.4 is 10.6 Å². The molecular weight excluding hydrogens is 232 g/mol. The number of nitrogen functional groups attached to an aromatic ring is 1. The zero-order valence-corrected chi connectivity index (χ0v) is 9.24. The Morgan fingerprint density at radius 1 is 1.38 bits per heavy atom. The van der Waals surface area contributed by atoms with Crippen molar-refractivity contribution in [2.45, 2.75) is 12.8 Å². The summed E-state index contributed by atoms with van der Waals surface area (Å²) in [6.45, 7) is 1.63. The minimum Gasteiger partial charge on any atom is -0.476 e. The van der Waals surface area contributed by atoms with Gasteiger partial charge in [0, 0.05) is 13.1 Å².